The Morgan fingerprint density at radius 2 is 2.04 bits per heavy atom. The van der Waals surface area contributed by atoms with Crippen LogP contribution < -0.4 is 10.1 Å². The first kappa shape index (κ1) is 17.1. The highest BCUT2D eigenvalue weighted by atomic mass is 16.5. The maximum absolute atomic E-state index is 12.6. The number of carbonyl (C=O) groups is 1. The minimum atomic E-state index is 0.0752. The third-order valence-electron chi connectivity index (χ3n) is 5.59. The van der Waals surface area contributed by atoms with Crippen molar-refractivity contribution < 1.29 is 9.53 Å². The number of hydrogen-bond acceptors (Lipinski definition) is 4. The van der Waals surface area contributed by atoms with Crippen LogP contribution in [0.1, 0.15) is 43.5 Å². The Labute approximate surface area is 154 Å². The zero-order valence-corrected chi connectivity index (χ0v) is 15.2. The monoisotopic (exact) mass is 354 g/mol. The molecule has 26 heavy (non-hydrogen) atoms. The van der Waals surface area contributed by atoms with Crippen molar-refractivity contribution in [3.8, 4) is 5.75 Å². The van der Waals surface area contributed by atoms with Crippen LogP contribution in [0.2, 0.25) is 0 Å². The van der Waals surface area contributed by atoms with Crippen molar-refractivity contribution in [2.24, 2.45) is 5.92 Å². The molecule has 3 heterocycles. The van der Waals surface area contributed by atoms with Gasteiger partial charge in [-0.25, -0.2) is 0 Å². The number of nitrogens with zero attached hydrogens (tertiary/aromatic N) is 3. The van der Waals surface area contributed by atoms with Crippen molar-refractivity contribution in [3.63, 3.8) is 0 Å². The quantitative estimate of drug-likeness (QED) is 0.916. The molecular formula is C20H26N4O2. The third-order valence-corrected chi connectivity index (χ3v) is 5.59. The highest BCUT2D eigenvalue weighted by Gasteiger charge is 2.29. The molecule has 1 N–H and O–H groups in total. The fraction of sp³-hybridized carbons (Fsp3) is 0.550. The zero-order valence-electron chi connectivity index (χ0n) is 15.2. The van der Waals surface area contributed by atoms with Crippen LogP contribution in [0.4, 0.5) is 0 Å². The number of carbonyl (C=O) groups excluding carboxylic acids is 1. The number of aromatic nitrogens is 3. The lowest BCUT2D eigenvalue weighted by Crippen LogP contribution is -2.44. The maximum Gasteiger partial charge on any atom is 0.223 e. The fourth-order valence-corrected chi connectivity index (χ4v) is 4.01. The molecule has 4 rings (SSSR count). The molecule has 6 nitrogen and oxygen atoms in total. The number of ether oxygens (including phenoxy) is 1. The van der Waals surface area contributed by atoms with Gasteiger partial charge in [0.2, 0.25) is 5.91 Å². The number of pyridine rings is 1. The minimum absolute atomic E-state index is 0.0752. The van der Waals surface area contributed by atoms with E-state index in [-0.39, 0.29) is 24.0 Å². The van der Waals surface area contributed by atoms with Crippen molar-refractivity contribution in [2.75, 3.05) is 0 Å². The van der Waals surface area contributed by atoms with E-state index in [0.717, 1.165) is 56.5 Å². The Kier molecular flexibility index (Phi) is 4.91. The lowest BCUT2D eigenvalue weighted by Gasteiger charge is -2.31. The van der Waals surface area contributed by atoms with Gasteiger partial charge in [-0.2, -0.15) is 5.10 Å². The normalized spacial score (nSPS) is 25.3. The molecule has 1 amide bonds. The predicted molar refractivity (Wildman–Crippen MR) is 97.8 cm³/mol. The topological polar surface area (TPSA) is 69.0 Å². The summed E-state index contributed by atoms with van der Waals surface area (Å²) in [5.41, 5.74) is 2.10. The van der Waals surface area contributed by atoms with E-state index in [1.165, 1.54) is 5.69 Å². The summed E-state index contributed by atoms with van der Waals surface area (Å²) in [7, 11) is 0. The molecule has 0 radical (unpaired) electrons. The van der Waals surface area contributed by atoms with E-state index < -0.39 is 0 Å². The average Bonchev–Trinajstić information content (AvgIpc) is 3.13. The molecule has 1 unspecified atom stereocenters. The van der Waals surface area contributed by atoms with Crippen molar-refractivity contribution in [1.82, 2.24) is 20.1 Å². The highest BCUT2D eigenvalue weighted by Crippen LogP contribution is 2.26. The van der Waals surface area contributed by atoms with Gasteiger partial charge in [-0.15, -0.1) is 0 Å². The standard InChI is InChI=1S/C20H26N4O2/c1-14-19(3-2-10-21-14)26-18-6-4-16(5-7-18)23-20(25)15-9-12-24-17(13-15)8-11-22-24/h2-3,8,10-11,15-16,18H,4-7,9,12-13H2,1H3,(H,23,25). The van der Waals surface area contributed by atoms with Crippen LogP contribution in [0.15, 0.2) is 30.6 Å². The van der Waals surface area contributed by atoms with Crippen molar-refractivity contribution in [3.05, 3.63) is 42.0 Å². The number of fused-ring (bicyclic) bond motifs is 1. The summed E-state index contributed by atoms with van der Waals surface area (Å²) in [5.74, 6) is 1.15. The van der Waals surface area contributed by atoms with Crippen LogP contribution in [0, 0.1) is 12.8 Å². The Morgan fingerprint density at radius 3 is 2.85 bits per heavy atom. The SMILES string of the molecule is Cc1ncccc1OC1CCC(NC(=O)C2CCn3nccc3C2)CC1. The van der Waals surface area contributed by atoms with Crippen LogP contribution in [0.25, 0.3) is 0 Å². The molecule has 6 heteroatoms. The van der Waals surface area contributed by atoms with Crippen molar-refractivity contribution >= 4 is 5.91 Å². The van der Waals surface area contributed by atoms with Gasteiger partial charge in [-0.1, -0.05) is 0 Å². The summed E-state index contributed by atoms with van der Waals surface area (Å²) in [6.45, 7) is 2.81. The third kappa shape index (κ3) is 3.74. The van der Waals surface area contributed by atoms with E-state index >= 15 is 0 Å². The summed E-state index contributed by atoms with van der Waals surface area (Å²) in [6.07, 6.45) is 9.38. The molecule has 1 saturated carbocycles. The molecule has 2 aliphatic rings. The van der Waals surface area contributed by atoms with E-state index in [4.69, 9.17) is 4.74 Å². The number of aryl methyl sites for hydroxylation is 2. The zero-order chi connectivity index (χ0) is 17.9. The van der Waals surface area contributed by atoms with Gasteiger partial charge < -0.3 is 10.1 Å². The maximum atomic E-state index is 12.6. The molecule has 1 fully saturated rings. The van der Waals surface area contributed by atoms with E-state index in [0.29, 0.717) is 0 Å². The summed E-state index contributed by atoms with van der Waals surface area (Å²) in [5, 5.41) is 7.55. The number of nitrogens with one attached hydrogen (secondary N) is 1. The molecule has 0 aromatic carbocycles. The Morgan fingerprint density at radius 1 is 1.19 bits per heavy atom. The van der Waals surface area contributed by atoms with Crippen molar-refractivity contribution in [1.29, 1.82) is 0 Å². The summed E-state index contributed by atoms with van der Waals surface area (Å²) < 4.78 is 8.11. The first-order chi connectivity index (χ1) is 12.7. The van der Waals surface area contributed by atoms with Gasteiger partial charge in [0.15, 0.2) is 0 Å². The van der Waals surface area contributed by atoms with Gasteiger partial charge in [0.05, 0.1) is 11.8 Å². The Hall–Kier alpha value is -2.37. The average molecular weight is 354 g/mol. The Balaban J connectivity index is 1.25. The van der Waals surface area contributed by atoms with Gasteiger partial charge >= 0.3 is 0 Å². The van der Waals surface area contributed by atoms with E-state index in [9.17, 15) is 4.79 Å². The van der Waals surface area contributed by atoms with E-state index in [1.54, 1.807) is 6.20 Å². The van der Waals surface area contributed by atoms with Gasteiger partial charge in [0.25, 0.3) is 0 Å². The predicted octanol–water partition coefficient (Wildman–Crippen LogP) is 2.66. The van der Waals surface area contributed by atoms with Gasteiger partial charge in [0, 0.05) is 43.0 Å². The molecule has 138 valence electrons. The van der Waals surface area contributed by atoms with E-state index in [1.807, 2.05) is 36.0 Å². The van der Waals surface area contributed by atoms with E-state index in [2.05, 4.69) is 15.4 Å². The largest absolute Gasteiger partial charge is 0.489 e. The Bertz CT molecular complexity index is 765. The second-order valence-electron chi connectivity index (χ2n) is 7.42. The first-order valence-corrected chi connectivity index (χ1v) is 9.58. The fourth-order valence-electron chi connectivity index (χ4n) is 4.01. The minimum Gasteiger partial charge on any atom is -0.489 e. The van der Waals surface area contributed by atoms with Crippen LogP contribution >= 0.6 is 0 Å². The van der Waals surface area contributed by atoms with Crippen LogP contribution in [0.3, 0.4) is 0 Å². The summed E-state index contributed by atoms with van der Waals surface area (Å²) >= 11 is 0. The first-order valence-electron chi connectivity index (χ1n) is 9.58. The summed E-state index contributed by atoms with van der Waals surface area (Å²) in [6, 6.07) is 6.17. The summed E-state index contributed by atoms with van der Waals surface area (Å²) in [4.78, 5) is 16.9. The molecule has 1 aliphatic heterocycles. The number of hydrogen-bond donors (Lipinski definition) is 1. The lowest BCUT2D eigenvalue weighted by atomic mass is 9.90. The second-order valence-corrected chi connectivity index (χ2v) is 7.42. The molecule has 2 aromatic rings. The van der Waals surface area contributed by atoms with Gasteiger partial charge in [0.1, 0.15) is 5.75 Å². The van der Waals surface area contributed by atoms with Crippen LogP contribution in [-0.4, -0.2) is 32.8 Å². The van der Waals surface area contributed by atoms with Gasteiger partial charge in [-0.05, 0) is 57.2 Å². The van der Waals surface area contributed by atoms with Crippen LogP contribution in [-0.2, 0) is 17.8 Å². The van der Waals surface area contributed by atoms with Crippen molar-refractivity contribution in [2.45, 2.75) is 64.1 Å². The molecule has 0 spiro atoms. The molecular weight excluding hydrogens is 328 g/mol. The molecule has 1 aliphatic carbocycles. The number of rotatable bonds is 4. The molecule has 2 aromatic heterocycles. The molecule has 0 saturated heterocycles. The number of amides is 1. The smallest absolute Gasteiger partial charge is 0.223 e. The lowest BCUT2D eigenvalue weighted by molar-refractivity contribution is -0.126. The molecule has 0 bridgehead atoms. The molecule has 1 atom stereocenters. The van der Waals surface area contributed by atoms with Gasteiger partial charge in [-0.3, -0.25) is 14.5 Å². The second kappa shape index (κ2) is 7.48. The highest BCUT2D eigenvalue weighted by molar-refractivity contribution is 5.79. The van der Waals surface area contributed by atoms with Crippen LogP contribution in [0.5, 0.6) is 5.75 Å².